The predicted molar refractivity (Wildman–Crippen MR) is 109 cm³/mol. The monoisotopic (exact) mass is 407 g/mol. The number of nitrogens with zero attached hydrogens (tertiary/aromatic N) is 1. The smallest absolute Gasteiger partial charge is 0.410 e. The van der Waals surface area contributed by atoms with Gasteiger partial charge in [0, 0.05) is 6.54 Å². The quantitative estimate of drug-likeness (QED) is 0.455. The Bertz CT molecular complexity index is 678. The van der Waals surface area contributed by atoms with E-state index in [0.717, 1.165) is 5.56 Å². The van der Waals surface area contributed by atoms with Gasteiger partial charge in [-0.3, -0.25) is 14.5 Å². The maximum atomic E-state index is 12.6. The molecule has 7 nitrogen and oxygen atoms in total. The van der Waals surface area contributed by atoms with Crippen LogP contribution >= 0.6 is 0 Å². The van der Waals surface area contributed by atoms with Crippen molar-refractivity contribution >= 4 is 18.0 Å². The molecule has 0 bridgehead atoms. The van der Waals surface area contributed by atoms with Crippen molar-refractivity contribution in [2.24, 2.45) is 5.41 Å². The van der Waals surface area contributed by atoms with E-state index >= 15 is 0 Å². The summed E-state index contributed by atoms with van der Waals surface area (Å²) in [4.78, 5) is 38.1. The molecule has 29 heavy (non-hydrogen) atoms. The molecule has 0 aliphatic carbocycles. The van der Waals surface area contributed by atoms with Gasteiger partial charge in [0.15, 0.2) is 0 Å². The van der Waals surface area contributed by atoms with Crippen LogP contribution in [0.3, 0.4) is 0 Å². The standard InChI is InChI=1S/C22H33NO6/c1-7-27-19(25)14-23(20(26)28-15-17-11-9-8-10-12-17)16-22(5,6)13-18(24)29-21(2,3)4/h8-12H,7,13-16H2,1-6H3. The van der Waals surface area contributed by atoms with Gasteiger partial charge >= 0.3 is 18.0 Å². The number of carbonyl (C=O) groups is 3. The second kappa shape index (κ2) is 10.8. The SMILES string of the molecule is CCOC(=O)CN(CC(C)(C)CC(=O)OC(C)(C)C)C(=O)OCc1ccccc1. The van der Waals surface area contributed by atoms with Crippen LogP contribution in [0.2, 0.25) is 0 Å². The molecule has 1 aromatic carbocycles. The second-order valence-electron chi connectivity index (χ2n) is 8.63. The van der Waals surface area contributed by atoms with Crippen LogP contribution in [0.25, 0.3) is 0 Å². The molecule has 7 heteroatoms. The van der Waals surface area contributed by atoms with Crippen molar-refractivity contribution in [3.8, 4) is 0 Å². The molecule has 0 aliphatic rings. The summed E-state index contributed by atoms with van der Waals surface area (Å²) in [5.74, 6) is -0.895. The average molecular weight is 408 g/mol. The van der Waals surface area contributed by atoms with Crippen molar-refractivity contribution in [1.82, 2.24) is 4.90 Å². The molecule has 1 aromatic rings. The number of benzene rings is 1. The zero-order chi connectivity index (χ0) is 22.1. The van der Waals surface area contributed by atoms with Crippen LogP contribution in [0.4, 0.5) is 4.79 Å². The maximum absolute atomic E-state index is 12.6. The Hall–Kier alpha value is -2.57. The zero-order valence-electron chi connectivity index (χ0n) is 18.3. The number of hydrogen-bond donors (Lipinski definition) is 0. The third kappa shape index (κ3) is 10.5. The fourth-order valence-corrected chi connectivity index (χ4v) is 2.70. The lowest BCUT2D eigenvalue weighted by Gasteiger charge is -2.32. The Morgan fingerprint density at radius 2 is 1.55 bits per heavy atom. The highest BCUT2D eigenvalue weighted by Crippen LogP contribution is 2.25. The van der Waals surface area contributed by atoms with Gasteiger partial charge in [-0.2, -0.15) is 0 Å². The average Bonchev–Trinajstić information content (AvgIpc) is 2.57. The van der Waals surface area contributed by atoms with E-state index in [1.165, 1.54) is 4.90 Å². The first-order valence-electron chi connectivity index (χ1n) is 9.75. The number of rotatable bonds is 9. The topological polar surface area (TPSA) is 82.1 Å². The highest BCUT2D eigenvalue weighted by atomic mass is 16.6. The molecule has 0 saturated carbocycles. The molecule has 162 valence electrons. The Morgan fingerprint density at radius 3 is 2.10 bits per heavy atom. The van der Waals surface area contributed by atoms with Crippen LogP contribution < -0.4 is 0 Å². The van der Waals surface area contributed by atoms with E-state index in [9.17, 15) is 14.4 Å². The Balaban J connectivity index is 2.80. The van der Waals surface area contributed by atoms with Crippen LogP contribution in [-0.2, 0) is 30.4 Å². The molecule has 0 fully saturated rings. The molecule has 0 N–H and O–H groups in total. The number of ether oxygens (including phenoxy) is 3. The summed E-state index contributed by atoms with van der Waals surface area (Å²) in [5, 5.41) is 0. The highest BCUT2D eigenvalue weighted by molar-refractivity contribution is 5.78. The molecule has 0 heterocycles. The van der Waals surface area contributed by atoms with Gasteiger partial charge in [-0.25, -0.2) is 4.79 Å². The lowest BCUT2D eigenvalue weighted by molar-refractivity contribution is -0.157. The number of hydrogen-bond acceptors (Lipinski definition) is 6. The van der Waals surface area contributed by atoms with Gasteiger partial charge in [0.05, 0.1) is 13.0 Å². The summed E-state index contributed by atoms with van der Waals surface area (Å²) in [6.45, 7) is 10.9. The third-order valence-electron chi connectivity index (χ3n) is 3.75. The minimum Gasteiger partial charge on any atom is -0.465 e. The molecule has 0 unspecified atom stereocenters. The maximum Gasteiger partial charge on any atom is 0.410 e. The molecule has 1 rings (SSSR count). The van der Waals surface area contributed by atoms with Crippen molar-refractivity contribution in [3.63, 3.8) is 0 Å². The van der Waals surface area contributed by atoms with Crippen LogP contribution in [0.15, 0.2) is 30.3 Å². The molecule has 0 aliphatic heterocycles. The van der Waals surface area contributed by atoms with E-state index in [0.29, 0.717) is 0 Å². The van der Waals surface area contributed by atoms with E-state index < -0.39 is 23.1 Å². The third-order valence-corrected chi connectivity index (χ3v) is 3.75. The number of carbonyl (C=O) groups excluding carboxylic acids is 3. The van der Waals surface area contributed by atoms with E-state index in [2.05, 4.69) is 0 Å². The van der Waals surface area contributed by atoms with E-state index in [4.69, 9.17) is 14.2 Å². The first kappa shape index (κ1) is 24.5. The molecule has 0 saturated heterocycles. The minimum absolute atomic E-state index is 0.0888. The molecule has 0 spiro atoms. The van der Waals surface area contributed by atoms with E-state index in [-0.39, 0.29) is 38.7 Å². The number of amides is 1. The zero-order valence-corrected chi connectivity index (χ0v) is 18.3. The summed E-state index contributed by atoms with van der Waals surface area (Å²) < 4.78 is 15.7. The summed E-state index contributed by atoms with van der Waals surface area (Å²) >= 11 is 0. The summed E-state index contributed by atoms with van der Waals surface area (Å²) in [7, 11) is 0. The van der Waals surface area contributed by atoms with Gasteiger partial charge in [0.25, 0.3) is 0 Å². The van der Waals surface area contributed by atoms with E-state index in [1.54, 1.807) is 27.7 Å². The summed E-state index contributed by atoms with van der Waals surface area (Å²) in [5.41, 5.74) is -0.377. The molecule has 0 aromatic heterocycles. The Labute approximate surface area is 173 Å². The predicted octanol–water partition coefficient (Wildman–Crippen LogP) is 3.95. The van der Waals surface area contributed by atoms with Crippen LogP contribution in [0, 0.1) is 5.41 Å². The highest BCUT2D eigenvalue weighted by Gasteiger charge is 2.31. The first-order valence-corrected chi connectivity index (χ1v) is 9.75. The van der Waals surface area contributed by atoms with Gasteiger partial charge < -0.3 is 14.2 Å². The molecule has 0 radical (unpaired) electrons. The Kier molecular flexibility index (Phi) is 9.14. The normalized spacial score (nSPS) is 11.5. The first-order chi connectivity index (χ1) is 13.4. The van der Waals surface area contributed by atoms with Crippen molar-refractivity contribution in [3.05, 3.63) is 35.9 Å². The molecular weight excluding hydrogens is 374 g/mol. The second-order valence-corrected chi connectivity index (χ2v) is 8.63. The lowest BCUT2D eigenvalue weighted by atomic mass is 9.88. The van der Waals surface area contributed by atoms with Crippen molar-refractivity contribution < 1.29 is 28.6 Å². The van der Waals surface area contributed by atoms with Crippen molar-refractivity contribution in [1.29, 1.82) is 0 Å². The molecule has 1 amide bonds. The molecule has 0 atom stereocenters. The Morgan fingerprint density at radius 1 is 0.931 bits per heavy atom. The number of esters is 2. The van der Waals surface area contributed by atoms with Gasteiger partial charge in [-0.05, 0) is 38.7 Å². The van der Waals surface area contributed by atoms with Crippen LogP contribution in [-0.4, -0.2) is 48.2 Å². The van der Waals surface area contributed by atoms with Crippen LogP contribution in [0.5, 0.6) is 0 Å². The van der Waals surface area contributed by atoms with Gasteiger partial charge in [0.2, 0.25) is 0 Å². The van der Waals surface area contributed by atoms with Gasteiger partial charge in [-0.15, -0.1) is 0 Å². The van der Waals surface area contributed by atoms with Gasteiger partial charge in [0.1, 0.15) is 18.8 Å². The van der Waals surface area contributed by atoms with Crippen LogP contribution in [0.1, 0.15) is 53.5 Å². The largest absolute Gasteiger partial charge is 0.465 e. The van der Waals surface area contributed by atoms with Gasteiger partial charge in [-0.1, -0.05) is 44.2 Å². The lowest BCUT2D eigenvalue weighted by Crippen LogP contribution is -2.43. The minimum atomic E-state index is -0.640. The summed E-state index contributed by atoms with van der Waals surface area (Å²) in [6, 6.07) is 9.26. The van der Waals surface area contributed by atoms with Crippen molar-refractivity contribution in [2.75, 3.05) is 19.7 Å². The van der Waals surface area contributed by atoms with Crippen molar-refractivity contribution in [2.45, 2.75) is 60.2 Å². The molecular formula is C22H33NO6. The van der Waals surface area contributed by atoms with E-state index in [1.807, 2.05) is 44.2 Å². The fraction of sp³-hybridized carbons (Fsp3) is 0.591. The fourth-order valence-electron chi connectivity index (χ4n) is 2.70. The summed E-state index contributed by atoms with van der Waals surface area (Å²) in [6.07, 6.45) is -0.547.